The summed E-state index contributed by atoms with van der Waals surface area (Å²) in [5.41, 5.74) is 3.35. The van der Waals surface area contributed by atoms with Crippen molar-refractivity contribution in [3.8, 4) is 11.4 Å². The van der Waals surface area contributed by atoms with Crippen molar-refractivity contribution >= 4 is 40.6 Å². The molecule has 0 spiro atoms. The molecule has 1 saturated heterocycles. The number of pyridine rings is 2. The molecule has 1 aliphatic heterocycles. The Bertz CT molecular complexity index is 1260. The van der Waals surface area contributed by atoms with Crippen molar-refractivity contribution in [2.45, 2.75) is 6.92 Å². The molecule has 0 bridgehead atoms. The van der Waals surface area contributed by atoms with Crippen molar-refractivity contribution < 1.29 is 4.79 Å². The maximum atomic E-state index is 11.5. The lowest BCUT2D eigenvalue weighted by Crippen LogP contribution is -2.48. The summed E-state index contributed by atoms with van der Waals surface area (Å²) in [6.45, 7) is 4.65. The number of anilines is 3. The molecule has 0 unspecified atom stereocenters. The first-order valence-electron chi connectivity index (χ1n) is 10.3. The van der Waals surface area contributed by atoms with E-state index in [0.29, 0.717) is 16.8 Å². The zero-order chi connectivity index (χ0) is 22.1. The van der Waals surface area contributed by atoms with Gasteiger partial charge in [-0.2, -0.15) is 0 Å². The lowest BCUT2D eigenvalue weighted by atomic mass is 10.2. The number of hydrogen-bond donors (Lipinski definition) is 1. The van der Waals surface area contributed by atoms with Gasteiger partial charge in [-0.25, -0.2) is 19.9 Å². The zero-order valence-corrected chi connectivity index (χ0v) is 18.2. The second-order valence-electron chi connectivity index (χ2n) is 7.50. The Kier molecular flexibility index (Phi) is 5.32. The minimum Gasteiger partial charge on any atom is -0.367 e. The van der Waals surface area contributed by atoms with Crippen LogP contribution in [0.1, 0.15) is 6.92 Å². The number of nitrogens with zero attached hydrogens (tertiary/aromatic N) is 7. The average molecular weight is 449 g/mol. The predicted octanol–water partition coefficient (Wildman–Crippen LogP) is 3.25. The van der Waals surface area contributed by atoms with Crippen molar-refractivity contribution in [1.29, 1.82) is 0 Å². The van der Waals surface area contributed by atoms with Crippen LogP contribution in [0.5, 0.6) is 0 Å². The number of rotatable bonds is 4. The number of carbonyl (C=O) groups is 1. The van der Waals surface area contributed by atoms with Gasteiger partial charge in [0, 0.05) is 45.5 Å². The van der Waals surface area contributed by atoms with Gasteiger partial charge in [-0.15, -0.1) is 0 Å². The van der Waals surface area contributed by atoms with Crippen LogP contribution < -0.4 is 10.2 Å². The first-order valence-corrected chi connectivity index (χ1v) is 10.6. The fourth-order valence-corrected chi connectivity index (χ4v) is 3.91. The molecule has 1 amide bonds. The van der Waals surface area contributed by atoms with E-state index in [1.165, 1.54) is 0 Å². The summed E-state index contributed by atoms with van der Waals surface area (Å²) in [5.74, 6) is 1.21. The molecule has 1 fully saturated rings. The Morgan fingerprint density at radius 2 is 1.84 bits per heavy atom. The molecule has 0 saturated carbocycles. The van der Waals surface area contributed by atoms with Crippen LogP contribution in [0.25, 0.3) is 17.0 Å². The van der Waals surface area contributed by atoms with E-state index in [1.54, 1.807) is 25.4 Å². The molecule has 32 heavy (non-hydrogen) atoms. The molecule has 162 valence electrons. The molecule has 4 aromatic heterocycles. The highest BCUT2D eigenvalue weighted by molar-refractivity contribution is 6.30. The maximum Gasteiger partial charge on any atom is 0.228 e. The number of piperazine rings is 1. The molecule has 5 rings (SSSR count). The average Bonchev–Trinajstić information content (AvgIpc) is 3.23. The van der Waals surface area contributed by atoms with Crippen molar-refractivity contribution in [2.24, 2.45) is 0 Å². The Hall–Kier alpha value is -3.72. The van der Waals surface area contributed by atoms with E-state index in [4.69, 9.17) is 11.6 Å². The number of hydrogen-bond acceptors (Lipinski definition) is 7. The van der Waals surface area contributed by atoms with E-state index in [1.807, 2.05) is 46.0 Å². The number of imidazole rings is 1. The third-order valence-corrected chi connectivity index (χ3v) is 5.69. The summed E-state index contributed by atoms with van der Waals surface area (Å²) < 4.78 is 1.90. The van der Waals surface area contributed by atoms with Gasteiger partial charge in [-0.05, 0) is 30.3 Å². The first-order chi connectivity index (χ1) is 15.6. The summed E-state index contributed by atoms with van der Waals surface area (Å²) in [7, 11) is 0. The van der Waals surface area contributed by atoms with E-state index < -0.39 is 0 Å². The van der Waals surface area contributed by atoms with Crippen LogP contribution in [-0.4, -0.2) is 61.3 Å². The molecule has 0 aliphatic carbocycles. The van der Waals surface area contributed by atoms with Crippen LogP contribution in [0, 0.1) is 0 Å². The Morgan fingerprint density at radius 1 is 1.00 bits per heavy atom. The minimum atomic E-state index is 0.122. The third-order valence-electron chi connectivity index (χ3n) is 5.47. The lowest BCUT2D eigenvalue weighted by molar-refractivity contribution is -0.129. The van der Waals surface area contributed by atoms with Crippen molar-refractivity contribution in [3.63, 3.8) is 0 Å². The summed E-state index contributed by atoms with van der Waals surface area (Å²) >= 11 is 6.14. The quantitative estimate of drug-likeness (QED) is 0.512. The highest BCUT2D eigenvalue weighted by atomic mass is 35.5. The van der Waals surface area contributed by atoms with Gasteiger partial charge in [-0.1, -0.05) is 11.6 Å². The Labute approximate surface area is 189 Å². The number of carbonyl (C=O) groups excluding carboxylic acids is 1. The number of amides is 1. The van der Waals surface area contributed by atoms with Crippen molar-refractivity contribution in [2.75, 3.05) is 36.4 Å². The molecule has 9 nitrogen and oxygen atoms in total. The largest absolute Gasteiger partial charge is 0.367 e. The van der Waals surface area contributed by atoms with Crippen LogP contribution in [0.15, 0.2) is 55.1 Å². The molecular weight excluding hydrogens is 428 g/mol. The molecule has 0 aromatic carbocycles. The Balaban J connectivity index is 1.31. The van der Waals surface area contributed by atoms with Gasteiger partial charge in [0.05, 0.1) is 34.5 Å². The molecule has 4 aromatic rings. The van der Waals surface area contributed by atoms with Gasteiger partial charge in [0.25, 0.3) is 0 Å². The van der Waals surface area contributed by atoms with Gasteiger partial charge in [0.2, 0.25) is 11.9 Å². The topological polar surface area (TPSA) is 91.6 Å². The normalized spacial score (nSPS) is 14.1. The highest BCUT2D eigenvalue weighted by Gasteiger charge is 2.19. The van der Waals surface area contributed by atoms with Gasteiger partial charge in [-0.3, -0.25) is 9.20 Å². The monoisotopic (exact) mass is 448 g/mol. The third kappa shape index (κ3) is 4.06. The van der Waals surface area contributed by atoms with Crippen LogP contribution >= 0.6 is 11.6 Å². The molecule has 10 heteroatoms. The fourth-order valence-electron chi connectivity index (χ4n) is 3.75. The summed E-state index contributed by atoms with van der Waals surface area (Å²) in [6.07, 6.45) is 7.08. The fraction of sp³-hybridized carbons (Fsp3) is 0.227. The van der Waals surface area contributed by atoms with Crippen LogP contribution in [0.2, 0.25) is 5.02 Å². The van der Waals surface area contributed by atoms with Crippen LogP contribution in [0.3, 0.4) is 0 Å². The first kappa shape index (κ1) is 20.2. The second kappa shape index (κ2) is 8.43. The van der Waals surface area contributed by atoms with Crippen LogP contribution in [-0.2, 0) is 4.79 Å². The van der Waals surface area contributed by atoms with E-state index >= 15 is 0 Å². The number of nitrogens with one attached hydrogen (secondary N) is 1. The number of halogens is 1. The SMILES string of the molecule is CC(=O)N1CCN(c2ccc(Nc3nccc(-c4cnc5ccc(Cl)cn45)n3)nc2)CC1. The van der Waals surface area contributed by atoms with E-state index in [-0.39, 0.29) is 5.91 Å². The van der Waals surface area contributed by atoms with Gasteiger partial charge < -0.3 is 15.1 Å². The standard InChI is InChI=1S/C22H21ClN8O/c1-15(32)29-8-10-30(11-9-29)17-3-4-20(25-12-17)28-22-24-7-6-18(27-22)19-13-26-21-5-2-16(23)14-31(19)21/h2-7,12-14H,8-11H2,1H3,(H,24,25,27,28). The van der Waals surface area contributed by atoms with Gasteiger partial charge in [0.15, 0.2) is 0 Å². The smallest absolute Gasteiger partial charge is 0.228 e. The zero-order valence-electron chi connectivity index (χ0n) is 17.4. The molecule has 0 atom stereocenters. The van der Waals surface area contributed by atoms with E-state index in [9.17, 15) is 4.79 Å². The highest BCUT2D eigenvalue weighted by Crippen LogP contribution is 2.23. The molecule has 1 aliphatic rings. The maximum absolute atomic E-state index is 11.5. The van der Waals surface area contributed by atoms with E-state index in [2.05, 4.69) is 30.2 Å². The molecule has 0 radical (unpaired) electrons. The number of aromatic nitrogens is 5. The molecular formula is C22H21ClN8O. The second-order valence-corrected chi connectivity index (χ2v) is 7.94. The molecule has 1 N–H and O–H groups in total. The minimum absolute atomic E-state index is 0.122. The lowest BCUT2D eigenvalue weighted by Gasteiger charge is -2.35. The van der Waals surface area contributed by atoms with Crippen LogP contribution in [0.4, 0.5) is 17.5 Å². The van der Waals surface area contributed by atoms with Crippen molar-refractivity contribution in [1.82, 2.24) is 29.2 Å². The Morgan fingerprint density at radius 3 is 2.59 bits per heavy atom. The van der Waals surface area contributed by atoms with E-state index in [0.717, 1.165) is 48.9 Å². The number of fused-ring (bicyclic) bond motifs is 1. The molecule has 5 heterocycles. The summed E-state index contributed by atoms with van der Waals surface area (Å²) in [4.78, 5) is 33.4. The predicted molar refractivity (Wildman–Crippen MR) is 123 cm³/mol. The van der Waals surface area contributed by atoms with Gasteiger partial charge in [0.1, 0.15) is 11.5 Å². The van der Waals surface area contributed by atoms with Gasteiger partial charge >= 0.3 is 0 Å². The summed E-state index contributed by atoms with van der Waals surface area (Å²) in [5, 5.41) is 3.78. The summed E-state index contributed by atoms with van der Waals surface area (Å²) in [6, 6.07) is 9.40. The van der Waals surface area contributed by atoms with Crippen molar-refractivity contribution in [3.05, 3.63) is 60.1 Å².